The predicted molar refractivity (Wildman–Crippen MR) is 113 cm³/mol. The standard InChI is InChI=1S/C22H18BrNO5/c23-13-20(25)18-11-19(24(26)27)22(29-15-17-9-5-2-6-10-17)21(12-18)28-14-16-7-3-1-4-8-16/h1-12H,13-15H2. The zero-order valence-electron chi connectivity index (χ0n) is 15.4. The quantitative estimate of drug-likeness (QED) is 0.188. The minimum Gasteiger partial charge on any atom is -0.485 e. The second-order valence-corrected chi connectivity index (χ2v) is 6.75. The van der Waals surface area contributed by atoms with Gasteiger partial charge in [0.05, 0.1) is 10.3 Å². The Kier molecular flexibility index (Phi) is 6.97. The number of nitro benzene ring substituents is 1. The zero-order valence-corrected chi connectivity index (χ0v) is 17.0. The third-order valence-corrected chi connectivity index (χ3v) is 4.65. The molecule has 0 atom stereocenters. The van der Waals surface area contributed by atoms with Crippen LogP contribution in [0.1, 0.15) is 21.5 Å². The molecule has 0 radical (unpaired) electrons. The molecule has 7 heteroatoms. The van der Waals surface area contributed by atoms with Crippen LogP contribution in [0.4, 0.5) is 5.69 Å². The van der Waals surface area contributed by atoms with Gasteiger partial charge in [-0.2, -0.15) is 0 Å². The highest BCUT2D eigenvalue weighted by Gasteiger charge is 2.25. The van der Waals surface area contributed by atoms with E-state index in [1.165, 1.54) is 12.1 Å². The van der Waals surface area contributed by atoms with Gasteiger partial charge in [-0.25, -0.2) is 0 Å². The number of benzene rings is 3. The molecule has 0 bridgehead atoms. The summed E-state index contributed by atoms with van der Waals surface area (Å²) in [6, 6.07) is 21.4. The summed E-state index contributed by atoms with van der Waals surface area (Å²) in [6.07, 6.45) is 0. The summed E-state index contributed by atoms with van der Waals surface area (Å²) in [6.45, 7) is 0.320. The lowest BCUT2D eigenvalue weighted by atomic mass is 10.1. The van der Waals surface area contributed by atoms with Crippen molar-refractivity contribution in [1.82, 2.24) is 0 Å². The van der Waals surface area contributed by atoms with Gasteiger partial charge in [0, 0.05) is 11.6 Å². The van der Waals surface area contributed by atoms with Crippen LogP contribution in [0.15, 0.2) is 72.8 Å². The second-order valence-electron chi connectivity index (χ2n) is 6.19. The number of carbonyl (C=O) groups is 1. The third kappa shape index (κ3) is 5.42. The van der Waals surface area contributed by atoms with Crippen molar-refractivity contribution in [1.29, 1.82) is 0 Å². The van der Waals surface area contributed by atoms with E-state index in [9.17, 15) is 14.9 Å². The maximum atomic E-state index is 12.1. The number of halogens is 1. The summed E-state index contributed by atoms with van der Waals surface area (Å²) in [7, 11) is 0. The lowest BCUT2D eigenvalue weighted by Crippen LogP contribution is -2.07. The van der Waals surface area contributed by atoms with E-state index in [1.54, 1.807) is 0 Å². The first-order valence-corrected chi connectivity index (χ1v) is 9.95. The van der Waals surface area contributed by atoms with Crippen LogP contribution in [0.5, 0.6) is 11.5 Å². The molecular weight excluding hydrogens is 438 g/mol. The summed E-state index contributed by atoms with van der Waals surface area (Å²) in [4.78, 5) is 23.2. The van der Waals surface area contributed by atoms with E-state index in [2.05, 4.69) is 15.9 Å². The Bertz CT molecular complexity index is 993. The van der Waals surface area contributed by atoms with Gasteiger partial charge in [-0.15, -0.1) is 0 Å². The van der Waals surface area contributed by atoms with E-state index in [0.717, 1.165) is 11.1 Å². The van der Waals surface area contributed by atoms with E-state index < -0.39 is 4.92 Å². The van der Waals surface area contributed by atoms with E-state index in [0.29, 0.717) is 0 Å². The summed E-state index contributed by atoms with van der Waals surface area (Å²) in [5.74, 6) is -0.128. The van der Waals surface area contributed by atoms with Gasteiger partial charge in [-0.05, 0) is 17.2 Å². The van der Waals surface area contributed by atoms with Crippen molar-refractivity contribution >= 4 is 27.4 Å². The lowest BCUT2D eigenvalue weighted by Gasteiger charge is -2.14. The summed E-state index contributed by atoms with van der Waals surface area (Å²) >= 11 is 3.10. The predicted octanol–water partition coefficient (Wildman–Crippen LogP) is 5.33. The Morgan fingerprint density at radius 1 is 0.897 bits per heavy atom. The Morgan fingerprint density at radius 2 is 1.45 bits per heavy atom. The molecule has 0 aliphatic carbocycles. The molecule has 0 aliphatic heterocycles. The number of ether oxygens (including phenoxy) is 2. The molecule has 3 aromatic rings. The van der Waals surface area contributed by atoms with Crippen LogP contribution in [0.2, 0.25) is 0 Å². The third-order valence-electron chi connectivity index (χ3n) is 4.14. The highest BCUT2D eigenvalue weighted by molar-refractivity contribution is 9.09. The number of ketones is 1. The number of Topliss-reactive ketones (excluding diaryl/α,β-unsaturated/α-hetero) is 1. The monoisotopic (exact) mass is 455 g/mol. The molecule has 0 saturated carbocycles. The highest BCUT2D eigenvalue weighted by Crippen LogP contribution is 2.39. The minimum absolute atomic E-state index is 0.000839. The molecule has 148 valence electrons. The number of nitrogens with zero attached hydrogens (tertiary/aromatic N) is 1. The van der Waals surface area contributed by atoms with Crippen molar-refractivity contribution in [3.63, 3.8) is 0 Å². The molecule has 6 nitrogen and oxygen atoms in total. The number of nitro groups is 1. The Balaban J connectivity index is 1.96. The van der Waals surface area contributed by atoms with Gasteiger partial charge in [0.1, 0.15) is 13.2 Å². The Morgan fingerprint density at radius 3 is 1.97 bits per heavy atom. The highest BCUT2D eigenvalue weighted by atomic mass is 79.9. The molecule has 29 heavy (non-hydrogen) atoms. The number of rotatable bonds is 9. The smallest absolute Gasteiger partial charge is 0.315 e. The normalized spacial score (nSPS) is 10.4. The first kappa shape index (κ1) is 20.5. The van der Waals surface area contributed by atoms with Gasteiger partial charge in [-0.1, -0.05) is 76.6 Å². The topological polar surface area (TPSA) is 78.7 Å². The molecule has 0 amide bonds. The molecule has 0 aromatic heterocycles. The van der Waals surface area contributed by atoms with E-state index in [1.807, 2.05) is 60.7 Å². The van der Waals surface area contributed by atoms with Gasteiger partial charge in [0.2, 0.25) is 5.75 Å². The van der Waals surface area contributed by atoms with Crippen LogP contribution in [0.3, 0.4) is 0 Å². The van der Waals surface area contributed by atoms with Crippen LogP contribution >= 0.6 is 15.9 Å². The van der Waals surface area contributed by atoms with Crippen molar-refractivity contribution in [3.05, 3.63) is 99.6 Å². The fourth-order valence-corrected chi connectivity index (χ4v) is 3.00. The molecular formula is C22H18BrNO5. The van der Waals surface area contributed by atoms with Crippen LogP contribution in [-0.2, 0) is 13.2 Å². The molecule has 0 N–H and O–H groups in total. The van der Waals surface area contributed by atoms with Gasteiger partial charge < -0.3 is 9.47 Å². The number of alkyl halides is 1. The zero-order chi connectivity index (χ0) is 20.6. The maximum absolute atomic E-state index is 12.1. The summed E-state index contributed by atoms with van der Waals surface area (Å²) in [5, 5.41) is 11.7. The maximum Gasteiger partial charge on any atom is 0.315 e. The molecule has 3 aromatic carbocycles. The molecule has 0 spiro atoms. The molecule has 3 rings (SSSR count). The lowest BCUT2D eigenvalue weighted by molar-refractivity contribution is -0.386. The van der Waals surface area contributed by atoms with Crippen molar-refractivity contribution in [2.45, 2.75) is 13.2 Å². The van der Waals surface area contributed by atoms with Crippen molar-refractivity contribution in [2.24, 2.45) is 0 Å². The first-order chi connectivity index (χ1) is 14.1. The van der Waals surface area contributed by atoms with Crippen molar-refractivity contribution < 1.29 is 19.2 Å². The fraction of sp³-hybridized carbons (Fsp3) is 0.136. The van der Waals surface area contributed by atoms with Gasteiger partial charge >= 0.3 is 5.69 Å². The van der Waals surface area contributed by atoms with Crippen LogP contribution < -0.4 is 9.47 Å². The molecule has 0 unspecified atom stereocenters. The number of carbonyl (C=O) groups excluding carboxylic acids is 1. The molecule has 0 saturated heterocycles. The molecule has 0 heterocycles. The van der Waals surface area contributed by atoms with Gasteiger partial charge in [0.25, 0.3) is 0 Å². The number of hydrogen-bond donors (Lipinski definition) is 0. The van der Waals surface area contributed by atoms with E-state index in [4.69, 9.17) is 9.47 Å². The average molecular weight is 456 g/mol. The largest absolute Gasteiger partial charge is 0.485 e. The van der Waals surface area contributed by atoms with Gasteiger partial charge in [-0.3, -0.25) is 14.9 Å². The SMILES string of the molecule is O=C(CBr)c1cc(OCc2ccccc2)c(OCc2ccccc2)c([N+](=O)[O-])c1. The Hall–Kier alpha value is -3.19. The minimum atomic E-state index is -0.569. The van der Waals surface area contributed by atoms with E-state index >= 15 is 0 Å². The fourth-order valence-electron chi connectivity index (χ4n) is 2.68. The summed E-state index contributed by atoms with van der Waals surface area (Å²) in [5.41, 5.74) is 1.62. The first-order valence-electron chi connectivity index (χ1n) is 8.83. The average Bonchev–Trinajstić information content (AvgIpc) is 2.76. The molecule has 0 fully saturated rings. The van der Waals surface area contributed by atoms with E-state index in [-0.39, 0.29) is 47.1 Å². The molecule has 0 aliphatic rings. The van der Waals surface area contributed by atoms with Crippen LogP contribution in [0.25, 0.3) is 0 Å². The second kappa shape index (κ2) is 9.84. The van der Waals surface area contributed by atoms with Crippen LogP contribution in [-0.4, -0.2) is 16.0 Å². The van der Waals surface area contributed by atoms with Crippen molar-refractivity contribution in [3.8, 4) is 11.5 Å². The number of hydrogen-bond acceptors (Lipinski definition) is 5. The Labute approximate surface area is 176 Å². The van der Waals surface area contributed by atoms with Gasteiger partial charge in [0.15, 0.2) is 11.5 Å². The van der Waals surface area contributed by atoms with Crippen molar-refractivity contribution in [2.75, 3.05) is 5.33 Å². The van der Waals surface area contributed by atoms with Crippen LogP contribution in [0, 0.1) is 10.1 Å². The summed E-state index contributed by atoms with van der Waals surface area (Å²) < 4.78 is 11.6.